The third-order valence-corrected chi connectivity index (χ3v) is 4.51. The van der Waals surface area contributed by atoms with Crippen LogP contribution in [0.2, 0.25) is 0 Å². The standard InChI is InChI=1S/C18H24N4O2/c1-14-5-2-3-7-17(14)24-10-9-20-18(23)15-11-21-22(13-15)16-6-4-8-19-12-16/h4,6,8,11-14,17H,2-3,5,7,9-10H2,1H3,(H,20,23). The molecule has 0 spiro atoms. The van der Waals surface area contributed by atoms with Gasteiger partial charge in [-0.3, -0.25) is 9.78 Å². The maximum Gasteiger partial charge on any atom is 0.254 e. The average Bonchev–Trinajstić information content (AvgIpc) is 3.11. The molecule has 1 fully saturated rings. The lowest BCUT2D eigenvalue weighted by Crippen LogP contribution is -2.31. The molecule has 2 aromatic heterocycles. The predicted octanol–water partition coefficient (Wildman–Crippen LogP) is 2.59. The molecule has 128 valence electrons. The molecule has 0 saturated heterocycles. The van der Waals surface area contributed by atoms with E-state index in [9.17, 15) is 4.79 Å². The van der Waals surface area contributed by atoms with Gasteiger partial charge in [-0.2, -0.15) is 5.10 Å². The van der Waals surface area contributed by atoms with Gasteiger partial charge in [0.1, 0.15) is 0 Å². The summed E-state index contributed by atoms with van der Waals surface area (Å²) in [6.45, 7) is 3.31. The fourth-order valence-electron chi connectivity index (χ4n) is 3.08. The molecule has 1 amide bonds. The highest BCUT2D eigenvalue weighted by Crippen LogP contribution is 2.25. The molecule has 2 unspecified atom stereocenters. The summed E-state index contributed by atoms with van der Waals surface area (Å²) < 4.78 is 7.55. The lowest BCUT2D eigenvalue weighted by molar-refractivity contribution is -0.00293. The number of nitrogens with one attached hydrogen (secondary N) is 1. The van der Waals surface area contributed by atoms with Gasteiger partial charge in [0.15, 0.2) is 0 Å². The van der Waals surface area contributed by atoms with Crippen LogP contribution in [-0.2, 0) is 4.74 Å². The second kappa shape index (κ2) is 8.06. The van der Waals surface area contributed by atoms with Crippen LogP contribution in [0.4, 0.5) is 0 Å². The van der Waals surface area contributed by atoms with E-state index in [-0.39, 0.29) is 5.91 Å². The SMILES string of the molecule is CC1CCCCC1OCCNC(=O)c1cnn(-c2cccnc2)c1. The summed E-state index contributed by atoms with van der Waals surface area (Å²) in [6.07, 6.45) is 11.9. The van der Waals surface area contributed by atoms with Crippen molar-refractivity contribution in [3.05, 3.63) is 42.5 Å². The van der Waals surface area contributed by atoms with Gasteiger partial charge >= 0.3 is 0 Å². The number of carbonyl (C=O) groups excluding carboxylic acids is 1. The first-order valence-electron chi connectivity index (χ1n) is 8.59. The van der Waals surface area contributed by atoms with E-state index in [2.05, 4.69) is 22.3 Å². The Balaban J connectivity index is 1.45. The summed E-state index contributed by atoms with van der Waals surface area (Å²) >= 11 is 0. The van der Waals surface area contributed by atoms with E-state index >= 15 is 0 Å². The fraction of sp³-hybridized carbons (Fsp3) is 0.500. The van der Waals surface area contributed by atoms with Crippen LogP contribution in [0.5, 0.6) is 0 Å². The van der Waals surface area contributed by atoms with Crippen LogP contribution in [0.15, 0.2) is 36.9 Å². The number of ether oxygens (including phenoxy) is 1. The van der Waals surface area contributed by atoms with Gasteiger partial charge in [-0.25, -0.2) is 4.68 Å². The molecule has 1 aliphatic rings. The Morgan fingerprint density at radius 2 is 2.25 bits per heavy atom. The molecular formula is C18H24N4O2. The van der Waals surface area contributed by atoms with Gasteiger partial charge < -0.3 is 10.1 Å². The smallest absolute Gasteiger partial charge is 0.254 e. The van der Waals surface area contributed by atoms with Crippen molar-refractivity contribution in [2.45, 2.75) is 38.7 Å². The van der Waals surface area contributed by atoms with Gasteiger partial charge in [0, 0.05) is 18.9 Å². The van der Waals surface area contributed by atoms with Crippen molar-refractivity contribution in [1.82, 2.24) is 20.1 Å². The maximum atomic E-state index is 12.2. The number of nitrogens with zero attached hydrogens (tertiary/aromatic N) is 3. The molecule has 0 aliphatic heterocycles. The Bertz CT molecular complexity index is 656. The van der Waals surface area contributed by atoms with E-state index < -0.39 is 0 Å². The largest absolute Gasteiger partial charge is 0.376 e. The van der Waals surface area contributed by atoms with E-state index in [4.69, 9.17) is 4.74 Å². The van der Waals surface area contributed by atoms with Crippen LogP contribution >= 0.6 is 0 Å². The van der Waals surface area contributed by atoms with Crippen molar-refractivity contribution >= 4 is 5.91 Å². The van der Waals surface area contributed by atoms with Crippen LogP contribution in [0.3, 0.4) is 0 Å². The van der Waals surface area contributed by atoms with Crippen LogP contribution in [0.1, 0.15) is 43.0 Å². The Labute approximate surface area is 142 Å². The molecule has 0 aromatic carbocycles. The predicted molar refractivity (Wildman–Crippen MR) is 91.1 cm³/mol. The topological polar surface area (TPSA) is 69.0 Å². The highest BCUT2D eigenvalue weighted by atomic mass is 16.5. The molecule has 0 bridgehead atoms. The van der Waals surface area contributed by atoms with E-state index in [1.54, 1.807) is 29.5 Å². The molecule has 2 heterocycles. The van der Waals surface area contributed by atoms with E-state index in [0.29, 0.717) is 30.7 Å². The van der Waals surface area contributed by atoms with Crippen LogP contribution < -0.4 is 5.32 Å². The highest BCUT2D eigenvalue weighted by Gasteiger charge is 2.21. The van der Waals surface area contributed by atoms with Gasteiger partial charge in [-0.05, 0) is 30.9 Å². The van der Waals surface area contributed by atoms with E-state index in [1.807, 2.05) is 12.1 Å². The monoisotopic (exact) mass is 328 g/mol. The molecule has 24 heavy (non-hydrogen) atoms. The molecule has 2 aromatic rings. The summed E-state index contributed by atoms with van der Waals surface area (Å²) in [5.41, 5.74) is 1.36. The summed E-state index contributed by atoms with van der Waals surface area (Å²) in [4.78, 5) is 16.2. The normalized spacial score (nSPS) is 20.7. The maximum absolute atomic E-state index is 12.2. The first-order chi connectivity index (χ1) is 11.7. The second-order valence-electron chi connectivity index (χ2n) is 6.31. The lowest BCUT2D eigenvalue weighted by atomic mass is 9.88. The summed E-state index contributed by atoms with van der Waals surface area (Å²) in [7, 11) is 0. The Morgan fingerprint density at radius 1 is 1.38 bits per heavy atom. The minimum absolute atomic E-state index is 0.134. The zero-order chi connectivity index (χ0) is 16.8. The number of pyridine rings is 1. The zero-order valence-electron chi connectivity index (χ0n) is 14.0. The molecule has 1 saturated carbocycles. The third kappa shape index (κ3) is 4.20. The summed E-state index contributed by atoms with van der Waals surface area (Å²) in [5, 5.41) is 7.09. The van der Waals surface area contributed by atoms with E-state index in [0.717, 1.165) is 12.1 Å². The molecular weight excluding hydrogens is 304 g/mol. The first kappa shape index (κ1) is 16.6. The Morgan fingerprint density at radius 3 is 3.04 bits per heavy atom. The minimum Gasteiger partial charge on any atom is -0.376 e. The fourth-order valence-corrected chi connectivity index (χ4v) is 3.08. The van der Waals surface area contributed by atoms with Crippen molar-refractivity contribution in [2.24, 2.45) is 5.92 Å². The molecule has 6 heteroatoms. The number of hydrogen-bond donors (Lipinski definition) is 1. The molecule has 6 nitrogen and oxygen atoms in total. The Hall–Kier alpha value is -2.21. The first-order valence-corrected chi connectivity index (χ1v) is 8.59. The third-order valence-electron chi connectivity index (χ3n) is 4.51. The quantitative estimate of drug-likeness (QED) is 0.828. The van der Waals surface area contributed by atoms with Crippen molar-refractivity contribution in [3.63, 3.8) is 0 Å². The molecule has 2 atom stereocenters. The minimum atomic E-state index is -0.134. The molecule has 1 N–H and O–H groups in total. The highest BCUT2D eigenvalue weighted by molar-refractivity contribution is 5.93. The van der Waals surface area contributed by atoms with Crippen molar-refractivity contribution in [3.8, 4) is 5.69 Å². The Kier molecular flexibility index (Phi) is 5.59. The van der Waals surface area contributed by atoms with Gasteiger partial charge in [0.25, 0.3) is 5.91 Å². The van der Waals surface area contributed by atoms with Gasteiger partial charge in [0.2, 0.25) is 0 Å². The van der Waals surface area contributed by atoms with Crippen LogP contribution in [-0.4, -0.2) is 39.9 Å². The summed E-state index contributed by atoms with van der Waals surface area (Å²) in [5.74, 6) is 0.484. The molecule has 1 aliphatic carbocycles. The second-order valence-corrected chi connectivity index (χ2v) is 6.31. The number of hydrogen-bond acceptors (Lipinski definition) is 4. The lowest BCUT2D eigenvalue weighted by Gasteiger charge is -2.28. The molecule has 0 radical (unpaired) electrons. The van der Waals surface area contributed by atoms with Crippen LogP contribution in [0.25, 0.3) is 5.69 Å². The number of rotatable bonds is 6. The molecule has 3 rings (SSSR count). The van der Waals surface area contributed by atoms with E-state index in [1.165, 1.54) is 19.3 Å². The van der Waals surface area contributed by atoms with Crippen molar-refractivity contribution < 1.29 is 9.53 Å². The van der Waals surface area contributed by atoms with Crippen LogP contribution in [0, 0.1) is 5.92 Å². The number of aromatic nitrogens is 3. The van der Waals surface area contributed by atoms with Gasteiger partial charge in [0.05, 0.1) is 36.4 Å². The average molecular weight is 328 g/mol. The number of amides is 1. The number of carbonyl (C=O) groups is 1. The van der Waals surface area contributed by atoms with Gasteiger partial charge in [-0.15, -0.1) is 0 Å². The van der Waals surface area contributed by atoms with Crippen molar-refractivity contribution in [2.75, 3.05) is 13.2 Å². The van der Waals surface area contributed by atoms with Gasteiger partial charge in [-0.1, -0.05) is 19.8 Å². The summed E-state index contributed by atoms with van der Waals surface area (Å²) in [6, 6.07) is 3.72. The van der Waals surface area contributed by atoms with Crippen molar-refractivity contribution in [1.29, 1.82) is 0 Å². The zero-order valence-corrected chi connectivity index (χ0v) is 14.0.